The van der Waals surface area contributed by atoms with Crippen LogP contribution in [0, 0.1) is 0 Å². The Kier molecular flexibility index (Phi) is 6.95. The number of ether oxygens (including phenoxy) is 3. The van der Waals surface area contributed by atoms with Crippen LogP contribution < -0.4 is 14.2 Å². The second kappa shape index (κ2) is 11.2. The molecule has 0 unspecified atom stereocenters. The van der Waals surface area contributed by atoms with Crippen molar-refractivity contribution in [2.24, 2.45) is 0 Å². The van der Waals surface area contributed by atoms with E-state index in [4.69, 9.17) is 14.2 Å². The molecular formula is C44H38O3. The molecule has 6 aromatic rings. The maximum Gasteiger partial charge on any atom is 0.178 e. The molecule has 0 spiro atoms. The van der Waals surface area contributed by atoms with Crippen LogP contribution in [-0.4, -0.2) is 14.2 Å². The van der Waals surface area contributed by atoms with Gasteiger partial charge in [0.1, 0.15) is 5.75 Å². The quantitative estimate of drug-likeness (QED) is 0.179. The van der Waals surface area contributed by atoms with Crippen LogP contribution >= 0.6 is 0 Å². The van der Waals surface area contributed by atoms with Gasteiger partial charge in [-0.3, -0.25) is 0 Å². The molecule has 2 aliphatic rings. The molecule has 232 valence electrons. The van der Waals surface area contributed by atoms with Gasteiger partial charge in [0.2, 0.25) is 0 Å². The first-order valence-electron chi connectivity index (χ1n) is 16.5. The van der Waals surface area contributed by atoms with Gasteiger partial charge in [-0.2, -0.15) is 0 Å². The summed E-state index contributed by atoms with van der Waals surface area (Å²) in [6.07, 6.45) is 6.52. The SMILES string of the molecule is CCC1(CC)c2cc(-c3ccccc3)ccc2-c2c1c1c(c3cc(OC)c(OC)cc23)OC(c2ccccc2)(c2ccccc2)C=C1. The Morgan fingerprint density at radius 1 is 0.617 bits per heavy atom. The van der Waals surface area contributed by atoms with Crippen molar-refractivity contribution in [3.8, 4) is 39.5 Å². The van der Waals surface area contributed by atoms with Gasteiger partial charge >= 0.3 is 0 Å². The van der Waals surface area contributed by atoms with E-state index in [0.717, 1.165) is 46.1 Å². The molecule has 0 N–H and O–H groups in total. The largest absolute Gasteiger partial charge is 0.493 e. The molecule has 0 fully saturated rings. The molecule has 0 saturated heterocycles. The number of hydrogen-bond acceptors (Lipinski definition) is 3. The van der Waals surface area contributed by atoms with Crippen LogP contribution in [0.5, 0.6) is 17.2 Å². The fourth-order valence-electron chi connectivity index (χ4n) is 8.18. The molecule has 3 heteroatoms. The van der Waals surface area contributed by atoms with Crippen LogP contribution in [-0.2, 0) is 11.0 Å². The lowest BCUT2D eigenvalue weighted by molar-refractivity contribution is 0.163. The molecule has 47 heavy (non-hydrogen) atoms. The van der Waals surface area contributed by atoms with Crippen molar-refractivity contribution in [1.29, 1.82) is 0 Å². The maximum atomic E-state index is 7.49. The minimum atomic E-state index is -0.809. The van der Waals surface area contributed by atoms with Crippen molar-refractivity contribution < 1.29 is 14.2 Å². The third kappa shape index (κ3) is 4.19. The van der Waals surface area contributed by atoms with Crippen molar-refractivity contribution in [2.45, 2.75) is 37.7 Å². The van der Waals surface area contributed by atoms with Crippen LogP contribution in [0.3, 0.4) is 0 Å². The summed E-state index contributed by atoms with van der Waals surface area (Å²) in [5.74, 6) is 2.26. The molecule has 0 amide bonds. The zero-order valence-electron chi connectivity index (χ0n) is 27.3. The van der Waals surface area contributed by atoms with E-state index in [9.17, 15) is 0 Å². The van der Waals surface area contributed by atoms with Gasteiger partial charge in [-0.05, 0) is 75.9 Å². The van der Waals surface area contributed by atoms with Gasteiger partial charge in [-0.1, -0.05) is 123 Å². The fourth-order valence-corrected chi connectivity index (χ4v) is 8.18. The lowest BCUT2D eigenvalue weighted by Crippen LogP contribution is -2.35. The average Bonchev–Trinajstić information content (AvgIpc) is 3.45. The van der Waals surface area contributed by atoms with E-state index in [1.165, 1.54) is 33.4 Å². The predicted octanol–water partition coefficient (Wildman–Crippen LogP) is 11.0. The molecule has 6 aromatic carbocycles. The number of hydrogen-bond donors (Lipinski definition) is 0. The zero-order valence-corrected chi connectivity index (χ0v) is 27.3. The van der Waals surface area contributed by atoms with Crippen LogP contribution in [0.25, 0.3) is 39.1 Å². The van der Waals surface area contributed by atoms with Crippen molar-refractivity contribution in [3.63, 3.8) is 0 Å². The Bertz CT molecular complexity index is 2100. The fraction of sp³-hybridized carbons (Fsp3) is 0.182. The van der Waals surface area contributed by atoms with E-state index in [-0.39, 0.29) is 5.41 Å². The van der Waals surface area contributed by atoms with E-state index in [2.05, 4.69) is 147 Å². The molecule has 1 aliphatic carbocycles. The summed E-state index contributed by atoms with van der Waals surface area (Å²) >= 11 is 0. The molecule has 3 nitrogen and oxygen atoms in total. The minimum absolute atomic E-state index is 0.200. The smallest absolute Gasteiger partial charge is 0.178 e. The van der Waals surface area contributed by atoms with Crippen LogP contribution in [0.4, 0.5) is 0 Å². The summed E-state index contributed by atoms with van der Waals surface area (Å²) in [4.78, 5) is 0. The zero-order chi connectivity index (χ0) is 32.2. The van der Waals surface area contributed by atoms with E-state index >= 15 is 0 Å². The highest BCUT2D eigenvalue weighted by atomic mass is 16.5. The van der Waals surface area contributed by atoms with Gasteiger partial charge in [0.05, 0.1) is 14.2 Å². The Balaban J connectivity index is 1.48. The van der Waals surface area contributed by atoms with E-state index in [1.54, 1.807) is 14.2 Å². The first-order chi connectivity index (χ1) is 23.1. The maximum absolute atomic E-state index is 7.49. The molecule has 0 bridgehead atoms. The molecule has 0 atom stereocenters. The van der Waals surface area contributed by atoms with Crippen molar-refractivity contribution in [1.82, 2.24) is 0 Å². The second-order valence-electron chi connectivity index (χ2n) is 12.6. The number of rotatable bonds is 7. The highest BCUT2D eigenvalue weighted by molar-refractivity contribution is 6.10. The van der Waals surface area contributed by atoms with Gasteiger partial charge in [0, 0.05) is 27.5 Å². The molecular weight excluding hydrogens is 576 g/mol. The van der Waals surface area contributed by atoms with Gasteiger partial charge in [-0.25, -0.2) is 0 Å². The number of fused-ring (bicyclic) bond motifs is 8. The lowest BCUT2D eigenvalue weighted by atomic mass is 9.70. The molecule has 8 rings (SSSR count). The summed E-state index contributed by atoms with van der Waals surface area (Å²) in [5.41, 5.74) is 10.0. The van der Waals surface area contributed by atoms with Crippen molar-refractivity contribution in [2.75, 3.05) is 14.2 Å². The van der Waals surface area contributed by atoms with Crippen LogP contribution in [0.15, 0.2) is 127 Å². The first-order valence-corrected chi connectivity index (χ1v) is 16.5. The highest BCUT2D eigenvalue weighted by Gasteiger charge is 2.47. The van der Waals surface area contributed by atoms with Crippen molar-refractivity contribution >= 4 is 16.8 Å². The Labute approximate surface area is 277 Å². The van der Waals surface area contributed by atoms with Gasteiger partial charge < -0.3 is 14.2 Å². The van der Waals surface area contributed by atoms with Crippen LogP contribution in [0.1, 0.15) is 54.5 Å². The molecule has 1 heterocycles. The van der Waals surface area contributed by atoms with E-state index in [1.807, 2.05) is 0 Å². The average molecular weight is 615 g/mol. The Morgan fingerprint density at radius 2 is 1.19 bits per heavy atom. The third-order valence-electron chi connectivity index (χ3n) is 10.6. The normalized spacial score (nSPS) is 15.0. The van der Waals surface area contributed by atoms with Crippen LogP contribution in [0.2, 0.25) is 0 Å². The third-order valence-corrected chi connectivity index (χ3v) is 10.6. The molecule has 0 aromatic heterocycles. The van der Waals surface area contributed by atoms with Crippen molar-refractivity contribution in [3.05, 3.63) is 155 Å². The molecule has 0 radical (unpaired) electrons. The standard InChI is InChI=1S/C44H38O3/c1-5-43(6-2)37-26-30(29-16-10-7-11-17-29)22-23-33(37)40-35-27-38(45-3)39(46-4)28-36(35)42-34(41(40)43)24-25-44(47-42,31-18-12-8-13-19-31)32-20-14-9-15-21-32/h7-28H,5-6H2,1-4H3. The van der Waals surface area contributed by atoms with Gasteiger partial charge in [0.15, 0.2) is 17.1 Å². The van der Waals surface area contributed by atoms with Gasteiger partial charge in [0.25, 0.3) is 0 Å². The summed E-state index contributed by atoms with van der Waals surface area (Å²) in [7, 11) is 3.40. The van der Waals surface area contributed by atoms with E-state index < -0.39 is 5.60 Å². The predicted molar refractivity (Wildman–Crippen MR) is 193 cm³/mol. The summed E-state index contributed by atoms with van der Waals surface area (Å²) in [5, 5.41) is 2.12. The summed E-state index contributed by atoms with van der Waals surface area (Å²) < 4.78 is 19.3. The van der Waals surface area contributed by atoms with E-state index in [0.29, 0.717) is 11.5 Å². The van der Waals surface area contributed by atoms with Gasteiger partial charge in [-0.15, -0.1) is 0 Å². The second-order valence-corrected chi connectivity index (χ2v) is 12.6. The summed E-state index contributed by atoms with van der Waals surface area (Å²) in [6, 6.07) is 43.1. The monoisotopic (exact) mass is 614 g/mol. The highest BCUT2D eigenvalue weighted by Crippen LogP contribution is 2.61. The first kappa shape index (κ1) is 29.1. The number of methoxy groups -OCH3 is 2. The Hall–Kier alpha value is -5.28. The molecule has 0 saturated carbocycles. The summed E-state index contributed by atoms with van der Waals surface area (Å²) in [6.45, 7) is 4.66. The minimum Gasteiger partial charge on any atom is -0.493 e. The Morgan fingerprint density at radius 3 is 1.77 bits per heavy atom. The number of benzene rings is 6. The topological polar surface area (TPSA) is 27.7 Å². The lowest BCUT2D eigenvalue weighted by Gasteiger charge is -2.39. The molecule has 1 aliphatic heterocycles.